The van der Waals surface area contributed by atoms with Crippen molar-refractivity contribution in [3.05, 3.63) is 0 Å². The van der Waals surface area contributed by atoms with E-state index in [2.05, 4.69) is 0 Å². The molecule has 2 fully saturated rings. The Morgan fingerprint density at radius 1 is 0.542 bits per heavy atom. The number of nitrogens with zero attached hydrogens (tertiary/aromatic N) is 2. The van der Waals surface area contributed by atoms with Gasteiger partial charge in [-0.2, -0.15) is 17.6 Å². The fourth-order valence-corrected chi connectivity index (χ4v) is 3.21. The Kier molecular flexibility index (Phi) is 6.09. The zero-order chi connectivity index (χ0) is 17.8. The molecule has 0 aromatic rings. The number of likely N-dealkylation sites (tertiary alicyclic amines) is 2. The van der Waals surface area contributed by atoms with Crippen LogP contribution in [0.2, 0.25) is 0 Å². The van der Waals surface area contributed by atoms with Crippen LogP contribution >= 0.6 is 0 Å². The van der Waals surface area contributed by atoms with Crippen LogP contribution in [-0.4, -0.2) is 59.6 Å². The van der Waals surface area contributed by atoms with Gasteiger partial charge in [0.05, 0.1) is 0 Å². The standard InChI is InChI=1S/C16H24F4N2O2/c17-15(18,13(23)21-9-5-1-2-6-10-21)16(19,20)14(24)22-11-7-3-4-8-12-22/h1-12H2. The third-order valence-electron chi connectivity index (χ3n) is 4.72. The number of hydrogen-bond acceptors (Lipinski definition) is 2. The molecule has 2 aliphatic rings. The molecule has 0 bridgehead atoms. The van der Waals surface area contributed by atoms with Crippen LogP contribution in [0.1, 0.15) is 51.4 Å². The highest BCUT2D eigenvalue weighted by molar-refractivity contribution is 5.95. The van der Waals surface area contributed by atoms with Crippen molar-refractivity contribution in [2.45, 2.75) is 63.2 Å². The van der Waals surface area contributed by atoms with Crippen molar-refractivity contribution >= 4 is 11.8 Å². The van der Waals surface area contributed by atoms with Crippen molar-refractivity contribution in [3.63, 3.8) is 0 Å². The molecule has 0 unspecified atom stereocenters. The molecule has 0 spiro atoms. The minimum Gasteiger partial charge on any atom is -0.337 e. The van der Waals surface area contributed by atoms with E-state index in [1.165, 1.54) is 0 Å². The summed E-state index contributed by atoms with van der Waals surface area (Å²) in [5, 5.41) is 0. The summed E-state index contributed by atoms with van der Waals surface area (Å²) in [6.45, 7) is 0.121. The summed E-state index contributed by atoms with van der Waals surface area (Å²) in [6.07, 6.45) is 5.13. The van der Waals surface area contributed by atoms with Crippen molar-refractivity contribution < 1.29 is 27.2 Å². The molecule has 4 nitrogen and oxygen atoms in total. The minimum absolute atomic E-state index is 0.0302. The number of rotatable bonds is 3. The Hall–Kier alpha value is -1.34. The van der Waals surface area contributed by atoms with Crippen molar-refractivity contribution in [1.82, 2.24) is 9.80 Å². The summed E-state index contributed by atoms with van der Waals surface area (Å²) >= 11 is 0. The highest BCUT2D eigenvalue weighted by atomic mass is 19.3. The summed E-state index contributed by atoms with van der Waals surface area (Å²) in [7, 11) is 0. The molecule has 0 atom stereocenters. The lowest BCUT2D eigenvalue weighted by molar-refractivity contribution is -0.223. The Labute approximate surface area is 139 Å². The van der Waals surface area contributed by atoms with E-state index in [9.17, 15) is 27.2 Å². The molecule has 2 rings (SSSR count). The van der Waals surface area contributed by atoms with E-state index in [0.717, 1.165) is 35.5 Å². The van der Waals surface area contributed by atoms with Gasteiger partial charge in [-0.1, -0.05) is 25.7 Å². The Bertz CT molecular complexity index is 413. The normalized spacial score (nSPS) is 21.2. The van der Waals surface area contributed by atoms with Gasteiger partial charge in [-0.25, -0.2) is 0 Å². The number of carbonyl (C=O) groups excluding carboxylic acids is 2. The zero-order valence-electron chi connectivity index (χ0n) is 13.7. The molecule has 2 aliphatic heterocycles. The van der Waals surface area contributed by atoms with Crippen LogP contribution in [0, 0.1) is 0 Å². The molecule has 0 aromatic carbocycles. The molecule has 0 aliphatic carbocycles. The van der Waals surface area contributed by atoms with E-state index >= 15 is 0 Å². The monoisotopic (exact) mass is 352 g/mol. The van der Waals surface area contributed by atoms with Crippen LogP contribution in [0.15, 0.2) is 0 Å². The van der Waals surface area contributed by atoms with E-state index in [1.54, 1.807) is 0 Å². The fourth-order valence-electron chi connectivity index (χ4n) is 3.21. The first-order valence-corrected chi connectivity index (χ1v) is 8.63. The topological polar surface area (TPSA) is 40.6 Å². The Morgan fingerprint density at radius 2 is 0.792 bits per heavy atom. The Morgan fingerprint density at radius 3 is 1.04 bits per heavy atom. The van der Waals surface area contributed by atoms with Gasteiger partial charge in [0.1, 0.15) is 0 Å². The maximum absolute atomic E-state index is 14.2. The van der Waals surface area contributed by atoms with Crippen molar-refractivity contribution in [1.29, 1.82) is 0 Å². The Balaban J connectivity index is 2.14. The maximum Gasteiger partial charge on any atom is 0.395 e. The van der Waals surface area contributed by atoms with Crippen LogP contribution < -0.4 is 0 Å². The molecule has 2 amide bonds. The first-order valence-electron chi connectivity index (χ1n) is 8.63. The molecule has 0 saturated carbocycles. The second-order valence-electron chi connectivity index (χ2n) is 6.56. The highest BCUT2D eigenvalue weighted by Gasteiger charge is 2.68. The number of alkyl halides is 4. The van der Waals surface area contributed by atoms with Crippen molar-refractivity contribution in [3.8, 4) is 0 Å². The lowest BCUT2D eigenvalue weighted by atomic mass is 10.1. The molecule has 0 N–H and O–H groups in total. The number of carbonyl (C=O) groups is 2. The largest absolute Gasteiger partial charge is 0.395 e. The van der Waals surface area contributed by atoms with Crippen molar-refractivity contribution in [2.75, 3.05) is 26.2 Å². The zero-order valence-corrected chi connectivity index (χ0v) is 13.7. The molecule has 138 valence electrons. The highest BCUT2D eigenvalue weighted by Crippen LogP contribution is 2.38. The van der Waals surface area contributed by atoms with Crippen LogP contribution in [0.3, 0.4) is 0 Å². The van der Waals surface area contributed by atoms with E-state index < -0.39 is 23.7 Å². The average Bonchev–Trinajstić information content (AvgIpc) is 2.97. The lowest BCUT2D eigenvalue weighted by Gasteiger charge is -2.32. The van der Waals surface area contributed by atoms with Gasteiger partial charge in [-0.3, -0.25) is 9.59 Å². The van der Waals surface area contributed by atoms with Gasteiger partial charge in [-0.05, 0) is 25.7 Å². The van der Waals surface area contributed by atoms with E-state index in [0.29, 0.717) is 25.7 Å². The molecule has 8 heteroatoms. The van der Waals surface area contributed by atoms with E-state index in [-0.39, 0.29) is 26.2 Å². The average molecular weight is 352 g/mol. The van der Waals surface area contributed by atoms with Crippen molar-refractivity contribution in [2.24, 2.45) is 0 Å². The number of halogens is 4. The van der Waals surface area contributed by atoms with Gasteiger partial charge >= 0.3 is 11.8 Å². The third-order valence-corrected chi connectivity index (χ3v) is 4.72. The van der Waals surface area contributed by atoms with Crippen LogP contribution in [0.5, 0.6) is 0 Å². The van der Waals surface area contributed by atoms with Gasteiger partial charge in [-0.15, -0.1) is 0 Å². The van der Waals surface area contributed by atoms with Crippen LogP contribution in [-0.2, 0) is 9.59 Å². The fraction of sp³-hybridized carbons (Fsp3) is 0.875. The third kappa shape index (κ3) is 3.83. The predicted molar refractivity (Wildman–Crippen MR) is 80.0 cm³/mol. The van der Waals surface area contributed by atoms with E-state index in [4.69, 9.17) is 0 Å². The summed E-state index contributed by atoms with van der Waals surface area (Å²) in [6, 6.07) is 0. The molecule has 2 saturated heterocycles. The van der Waals surface area contributed by atoms with Gasteiger partial charge in [0.25, 0.3) is 11.8 Å². The van der Waals surface area contributed by atoms with Crippen LogP contribution in [0.4, 0.5) is 17.6 Å². The lowest BCUT2D eigenvalue weighted by Crippen LogP contribution is -2.61. The molecular weight excluding hydrogens is 328 g/mol. The second kappa shape index (κ2) is 7.70. The first kappa shape index (κ1) is 19.0. The molecule has 24 heavy (non-hydrogen) atoms. The SMILES string of the molecule is O=C(N1CCCCCC1)C(F)(F)C(F)(F)C(=O)N1CCCCCC1. The second-order valence-corrected chi connectivity index (χ2v) is 6.56. The first-order chi connectivity index (χ1) is 11.3. The number of hydrogen-bond donors (Lipinski definition) is 0. The molecule has 0 radical (unpaired) electrons. The quantitative estimate of drug-likeness (QED) is 0.733. The summed E-state index contributed by atoms with van der Waals surface area (Å²) in [4.78, 5) is 25.5. The van der Waals surface area contributed by atoms with Gasteiger partial charge in [0.15, 0.2) is 0 Å². The van der Waals surface area contributed by atoms with Gasteiger partial charge in [0.2, 0.25) is 0 Å². The molecule has 0 aromatic heterocycles. The minimum atomic E-state index is -5.01. The summed E-state index contributed by atoms with van der Waals surface area (Å²) in [5.41, 5.74) is 0. The summed E-state index contributed by atoms with van der Waals surface area (Å²) in [5.74, 6) is -13.9. The van der Waals surface area contributed by atoms with Gasteiger partial charge < -0.3 is 9.80 Å². The van der Waals surface area contributed by atoms with Crippen LogP contribution in [0.25, 0.3) is 0 Å². The predicted octanol–water partition coefficient (Wildman–Crippen LogP) is 3.06. The smallest absolute Gasteiger partial charge is 0.337 e. The van der Waals surface area contributed by atoms with Gasteiger partial charge in [0, 0.05) is 26.2 Å². The molecule has 2 heterocycles. The van der Waals surface area contributed by atoms with E-state index in [1.807, 2.05) is 0 Å². The maximum atomic E-state index is 14.2. The number of amides is 2. The molecular formula is C16H24F4N2O2. The summed E-state index contributed by atoms with van der Waals surface area (Å²) < 4.78 is 56.9.